The summed E-state index contributed by atoms with van der Waals surface area (Å²) < 4.78 is 11.0. The van der Waals surface area contributed by atoms with Crippen LogP contribution in [0.4, 0.5) is 0 Å². The van der Waals surface area contributed by atoms with Crippen LogP contribution in [0.2, 0.25) is 0 Å². The molecule has 0 spiro atoms. The minimum absolute atomic E-state index is 0.144. The van der Waals surface area contributed by atoms with E-state index in [1.165, 1.54) is 6.07 Å². The Bertz CT molecular complexity index is 596. The van der Waals surface area contributed by atoms with Crippen LogP contribution in [-0.4, -0.2) is 18.2 Å². The van der Waals surface area contributed by atoms with E-state index >= 15 is 0 Å². The fraction of sp³-hybridized carbons (Fsp3) is 0.312. The van der Waals surface area contributed by atoms with Crippen LogP contribution in [0.3, 0.4) is 0 Å². The monoisotopic (exact) mass is 288 g/mol. The number of nitrogens with two attached hydrogens (primary N) is 1. The number of aromatic nitrogens is 1. The third-order valence-corrected chi connectivity index (χ3v) is 2.96. The van der Waals surface area contributed by atoms with Gasteiger partial charge in [0.05, 0.1) is 13.2 Å². The van der Waals surface area contributed by atoms with Gasteiger partial charge >= 0.3 is 0 Å². The second-order valence-electron chi connectivity index (χ2n) is 4.61. The standard InChI is InChI=1S/C16H20N2O3/c17-11-13-10-15(19)16(12-18-13)21-9-5-4-8-20-14-6-2-1-3-7-14/h1-3,6-7,10,12H,4-5,8-9,11,17H2,(H,18,19). The fourth-order valence-electron chi connectivity index (χ4n) is 1.82. The van der Waals surface area contributed by atoms with E-state index in [1.54, 1.807) is 6.20 Å². The number of aromatic amines is 1. The summed E-state index contributed by atoms with van der Waals surface area (Å²) in [5.41, 5.74) is 6.00. The summed E-state index contributed by atoms with van der Waals surface area (Å²) in [6, 6.07) is 11.2. The molecule has 112 valence electrons. The van der Waals surface area contributed by atoms with Crippen molar-refractivity contribution in [3.63, 3.8) is 0 Å². The van der Waals surface area contributed by atoms with E-state index in [4.69, 9.17) is 15.2 Å². The number of unbranched alkanes of at least 4 members (excludes halogenated alkanes) is 1. The number of hydrogen-bond acceptors (Lipinski definition) is 4. The van der Waals surface area contributed by atoms with Crippen molar-refractivity contribution >= 4 is 0 Å². The van der Waals surface area contributed by atoms with Gasteiger partial charge in [-0.05, 0) is 25.0 Å². The Balaban J connectivity index is 1.65. The third-order valence-electron chi connectivity index (χ3n) is 2.96. The topological polar surface area (TPSA) is 77.3 Å². The Morgan fingerprint density at radius 2 is 1.76 bits per heavy atom. The number of H-pyrrole nitrogens is 1. The molecule has 0 amide bonds. The molecule has 3 N–H and O–H groups in total. The summed E-state index contributed by atoms with van der Waals surface area (Å²) >= 11 is 0. The third kappa shape index (κ3) is 4.96. The van der Waals surface area contributed by atoms with Crippen LogP contribution >= 0.6 is 0 Å². The molecule has 1 heterocycles. The van der Waals surface area contributed by atoms with Gasteiger partial charge in [-0.25, -0.2) is 0 Å². The minimum Gasteiger partial charge on any atom is -0.494 e. The summed E-state index contributed by atoms with van der Waals surface area (Å²) in [7, 11) is 0. The van der Waals surface area contributed by atoms with Crippen LogP contribution in [0, 0.1) is 0 Å². The zero-order valence-corrected chi connectivity index (χ0v) is 11.9. The van der Waals surface area contributed by atoms with Crippen LogP contribution in [0.5, 0.6) is 11.5 Å². The predicted octanol–water partition coefficient (Wildman–Crippen LogP) is 2.07. The Morgan fingerprint density at radius 3 is 2.43 bits per heavy atom. The molecule has 0 saturated carbocycles. The summed E-state index contributed by atoms with van der Waals surface area (Å²) in [5.74, 6) is 1.20. The Hall–Kier alpha value is -2.27. The molecule has 0 fully saturated rings. The highest BCUT2D eigenvalue weighted by Gasteiger charge is 2.01. The Kier molecular flexibility index (Phi) is 5.84. The van der Waals surface area contributed by atoms with Crippen molar-refractivity contribution in [1.82, 2.24) is 4.98 Å². The molecule has 1 aromatic heterocycles. The molecule has 0 saturated heterocycles. The SMILES string of the molecule is NCc1cc(=O)c(OCCCCOc2ccccc2)c[nH]1. The van der Waals surface area contributed by atoms with Gasteiger partial charge in [-0.2, -0.15) is 0 Å². The molecule has 5 heteroatoms. The van der Waals surface area contributed by atoms with Gasteiger partial charge in [0.25, 0.3) is 0 Å². The molecule has 0 unspecified atom stereocenters. The smallest absolute Gasteiger partial charge is 0.223 e. The number of para-hydroxylation sites is 1. The number of ether oxygens (including phenoxy) is 2. The number of nitrogens with one attached hydrogen (secondary N) is 1. The average molecular weight is 288 g/mol. The van der Waals surface area contributed by atoms with Crippen molar-refractivity contribution in [2.45, 2.75) is 19.4 Å². The van der Waals surface area contributed by atoms with E-state index in [2.05, 4.69) is 4.98 Å². The number of hydrogen-bond donors (Lipinski definition) is 2. The second-order valence-corrected chi connectivity index (χ2v) is 4.61. The van der Waals surface area contributed by atoms with Crippen LogP contribution in [0.25, 0.3) is 0 Å². The molecule has 0 bridgehead atoms. The Labute approximate surface area is 123 Å². The lowest BCUT2D eigenvalue weighted by atomic mass is 10.3. The first-order valence-corrected chi connectivity index (χ1v) is 7.02. The van der Waals surface area contributed by atoms with Gasteiger partial charge < -0.3 is 20.2 Å². The number of benzene rings is 1. The molecule has 0 aliphatic heterocycles. The normalized spacial score (nSPS) is 10.3. The average Bonchev–Trinajstić information content (AvgIpc) is 2.53. The van der Waals surface area contributed by atoms with Gasteiger partial charge in [0.1, 0.15) is 5.75 Å². The quantitative estimate of drug-likeness (QED) is 0.729. The fourth-order valence-corrected chi connectivity index (χ4v) is 1.82. The van der Waals surface area contributed by atoms with Crippen LogP contribution in [-0.2, 0) is 6.54 Å². The molecule has 0 atom stereocenters. The molecule has 1 aromatic carbocycles. The van der Waals surface area contributed by atoms with Crippen LogP contribution < -0.4 is 20.6 Å². The largest absolute Gasteiger partial charge is 0.494 e. The van der Waals surface area contributed by atoms with E-state index in [9.17, 15) is 4.79 Å². The summed E-state index contributed by atoms with van der Waals surface area (Å²) in [6.07, 6.45) is 3.25. The van der Waals surface area contributed by atoms with Gasteiger partial charge in [0.15, 0.2) is 5.75 Å². The van der Waals surface area contributed by atoms with Gasteiger partial charge in [0, 0.05) is 24.5 Å². The van der Waals surface area contributed by atoms with E-state index in [0.29, 0.717) is 31.2 Å². The van der Waals surface area contributed by atoms with Crippen LogP contribution in [0.15, 0.2) is 47.4 Å². The molecule has 2 rings (SSSR count). The van der Waals surface area contributed by atoms with Crippen molar-refractivity contribution in [3.8, 4) is 11.5 Å². The lowest BCUT2D eigenvalue weighted by molar-refractivity contribution is 0.264. The van der Waals surface area contributed by atoms with Gasteiger partial charge in [-0.15, -0.1) is 0 Å². The molecule has 5 nitrogen and oxygen atoms in total. The molecule has 21 heavy (non-hydrogen) atoms. The Morgan fingerprint density at radius 1 is 1.05 bits per heavy atom. The van der Waals surface area contributed by atoms with E-state index in [0.717, 1.165) is 18.6 Å². The number of pyridine rings is 1. The molecular formula is C16H20N2O3. The predicted molar refractivity (Wildman–Crippen MR) is 81.6 cm³/mol. The van der Waals surface area contributed by atoms with Crippen molar-refractivity contribution in [2.75, 3.05) is 13.2 Å². The summed E-state index contributed by atoms with van der Waals surface area (Å²) in [4.78, 5) is 14.6. The lowest BCUT2D eigenvalue weighted by Crippen LogP contribution is -2.12. The van der Waals surface area contributed by atoms with Crippen LogP contribution in [0.1, 0.15) is 18.5 Å². The summed E-state index contributed by atoms with van der Waals surface area (Å²) in [6.45, 7) is 1.44. The van der Waals surface area contributed by atoms with Gasteiger partial charge in [-0.1, -0.05) is 18.2 Å². The zero-order chi connectivity index (χ0) is 14.9. The maximum atomic E-state index is 11.7. The minimum atomic E-state index is -0.144. The van der Waals surface area contributed by atoms with Gasteiger partial charge in [-0.3, -0.25) is 4.79 Å². The highest BCUT2D eigenvalue weighted by Crippen LogP contribution is 2.09. The lowest BCUT2D eigenvalue weighted by Gasteiger charge is -2.07. The molecule has 2 aromatic rings. The molecule has 0 aliphatic rings. The first-order valence-electron chi connectivity index (χ1n) is 7.02. The maximum absolute atomic E-state index is 11.7. The highest BCUT2D eigenvalue weighted by molar-refractivity contribution is 5.21. The highest BCUT2D eigenvalue weighted by atomic mass is 16.5. The van der Waals surface area contributed by atoms with E-state index in [1.807, 2.05) is 30.3 Å². The van der Waals surface area contributed by atoms with Gasteiger partial charge in [0.2, 0.25) is 5.43 Å². The maximum Gasteiger partial charge on any atom is 0.223 e. The molecule has 0 radical (unpaired) electrons. The van der Waals surface area contributed by atoms with Crippen molar-refractivity contribution < 1.29 is 9.47 Å². The first kappa shape index (κ1) is 15.1. The first-order chi connectivity index (χ1) is 10.3. The van der Waals surface area contributed by atoms with Crippen molar-refractivity contribution in [1.29, 1.82) is 0 Å². The number of rotatable bonds is 8. The second kappa shape index (κ2) is 8.11. The molecular weight excluding hydrogens is 268 g/mol. The van der Waals surface area contributed by atoms with Crippen molar-refractivity contribution in [3.05, 3.63) is 58.5 Å². The van der Waals surface area contributed by atoms with Crippen molar-refractivity contribution in [2.24, 2.45) is 5.73 Å². The molecule has 0 aliphatic carbocycles. The van der Waals surface area contributed by atoms with E-state index < -0.39 is 0 Å². The zero-order valence-electron chi connectivity index (χ0n) is 11.9. The van der Waals surface area contributed by atoms with E-state index in [-0.39, 0.29) is 5.43 Å². The summed E-state index contributed by atoms with van der Waals surface area (Å²) in [5, 5.41) is 0.